The van der Waals surface area contributed by atoms with Gasteiger partial charge in [0.1, 0.15) is 5.75 Å². The Hall–Kier alpha value is -0.730. The fourth-order valence-electron chi connectivity index (χ4n) is 0.533. The minimum Gasteiger partial charge on any atom is -0.393 e. The molecule has 0 saturated carbocycles. The normalized spacial score (nSPS) is 9.00. The third-order valence-electron chi connectivity index (χ3n) is 0.900. The molecule has 48 valence electrons. The molecule has 0 saturated heterocycles. The highest BCUT2D eigenvalue weighted by Gasteiger charge is 1.85. The van der Waals surface area contributed by atoms with Crippen LogP contribution >= 0.6 is 11.8 Å². The second-order valence-electron chi connectivity index (χ2n) is 1.49. The van der Waals surface area contributed by atoms with E-state index in [4.69, 9.17) is 16.6 Å². The monoisotopic (exact) mass is 143 g/mol. The van der Waals surface area contributed by atoms with E-state index in [2.05, 4.69) is 5.00 Å². The summed E-state index contributed by atoms with van der Waals surface area (Å²) in [6.45, 7) is 0. The van der Waals surface area contributed by atoms with Crippen molar-refractivity contribution >= 4 is 11.8 Å². The molecule has 0 aliphatic heterocycles. The Labute approximate surface area is 58.5 Å². The van der Waals surface area contributed by atoms with Crippen LogP contribution in [0.5, 0.6) is 5.75 Å². The molecular formula is C6H6ClNO. The van der Waals surface area contributed by atoms with Gasteiger partial charge in [0.2, 0.25) is 0 Å². The van der Waals surface area contributed by atoms with Gasteiger partial charge in [0.25, 0.3) is 0 Å². The number of para-hydroxylation sites is 1. The Balaban J connectivity index is 2.61. The SMILES string of the molecule is ClNOc1ccccc1. The van der Waals surface area contributed by atoms with Crippen LogP contribution < -0.4 is 9.84 Å². The van der Waals surface area contributed by atoms with Crippen LogP contribution in [-0.4, -0.2) is 0 Å². The number of hydrogen-bond acceptors (Lipinski definition) is 2. The molecule has 0 aliphatic carbocycles. The summed E-state index contributed by atoms with van der Waals surface area (Å²) in [5.41, 5.74) is 0. The Morgan fingerprint density at radius 1 is 1.22 bits per heavy atom. The van der Waals surface area contributed by atoms with E-state index < -0.39 is 0 Å². The van der Waals surface area contributed by atoms with Crippen LogP contribution in [0.15, 0.2) is 30.3 Å². The summed E-state index contributed by atoms with van der Waals surface area (Å²) in [7, 11) is 0. The molecule has 3 heteroatoms. The molecule has 0 fully saturated rings. The summed E-state index contributed by atoms with van der Waals surface area (Å²) in [6.07, 6.45) is 0. The van der Waals surface area contributed by atoms with Gasteiger partial charge in [-0.25, -0.2) is 0 Å². The Bertz CT molecular complexity index is 166. The Morgan fingerprint density at radius 2 is 1.89 bits per heavy atom. The second-order valence-corrected chi connectivity index (χ2v) is 1.65. The fourth-order valence-corrected chi connectivity index (χ4v) is 0.622. The average molecular weight is 144 g/mol. The number of benzene rings is 1. The topological polar surface area (TPSA) is 21.3 Å². The van der Waals surface area contributed by atoms with Crippen molar-refractivity contribution in [1.29, 1.82) is 0 Å². The lowest BCUT2D eigenvalue weighted by Gasteiger charge is -1.97. The van der Waals surface area contributed by atoms with Crippen LogP contribution in [0, 0.1) is 0 Å². The van der Waals surface area contributed by atoms with Crippen molar-refractivity contribution in [3.8, 4) is 5.75 Å². The Kier molecular flexibility index (Phi) is 2.36. The minimum absolute atomic E-state index is 0.701. The van der Waals surface area contributed by atoms with Crippen molar-refractivity contribution in [2.75, 3.05) is 0 Å². The first-order valence-corrected chi connectivity index (χ1v) is 2.89. The smallest absolute Gasteiger partial charge is 0.148 e. The summed E-state index contributed by atoms with van der Waals surface area (Å²) in [6, 6.07) is 9.24. The molecule has 0 aliphatic rings. The molecule has 9 heavy (non-hydrogen) atoms. The maximum Gasteiger partial charge on any atom is 0.148 e. The highest BCUT2D eigenvalue weighted by molar-refractivity contribution is 6.12. The van der Waals surface area contributed by atoms with E-state index in [9.17, 15) is 0 Å². The lowest BCUT2D eigenvalue weighted by atomic mass is 10.3. The maximum atomic E-state index is 5.06. The van der Waals surface area contributed by atoms with Crippen LogP contribution in [-0.2, 0) is 0 Å². The molecule has 0 bridgehead atoms. The van der Waals surface area contributed by atoms with Crippen molar-refractivity contribution in [2.24, 2.45) is 0 Å². The number of nitrogens with one attached hydrogen (secondary N) is 1. The van der Waals surface area contributed by atoms with E-state index in [1.54, 1.807) is 12.1 Å². The highest BCUT2D eigenvalue weighted by atomic mass is 35.5. The highest BCUT2D eigenvalue weighted by Crippen LogP contribution is 2.06. The van der Waals surface area contributed by atoms with E-state index in [0.29, 0.717) is 5.75 Å². The van der Waals surface area contributed by atoms with E-state index >= 15 is 0 Å². The van der Waals surface area contributed by atoms with E-state index in [1.807, 2.05) is 18.2 Å². The molecule has 0 amide bonds. The zero-order valence-corrected chi connectivity index (χ0v) is 5.43. The van der Waals surface area contributed by atoms with Gasteiger partial charge in [0, 0.05) is 11.8 Å². The van der Waals surface area contributed by atoms with Gasteiger partial charge in [-0.15, -0.1) is 0 Å². The van der Waals surface area contributed by atoms with E-state index in [1.165, 1.54) is 0 Å². The minimum atomic E-state index is 0.701. The standard InChI is InChI=1S/C6H6ClNO/c7-8-9-6-4-2-1-3-5-6/h1-5,8H. The van der Waals surface area contributed by atoms with Gasteiger partial charge in [0.05, 0.1) is 0 Å². The predicted octanol–water partition coefficient (Wildman–Crippen LogP) is 1.72. The van der Waals surface area contributed by atoms with Crippen molar-refractivity contribution in [3.05, 3.63) is 30.3 Å². The van der Waals surface area contributed by atoms with Gasteiger partial charge in [-0.2, -0.15) is 0 Å². The van der Waals surface area contributed by atoms with E-state index in [0.717, 1.165) is 0 Å². The van der Waals surface area contributed by atoms with Gasteiger partial charge in [-0.1, -0.05) is 23.2 Å². The van der Waals surface area contributed by atoms with Crippen LogP contribution in [0.4, 0.5) is 0 Å². The molecule has 0 radical (unpaired) electrons. The third kappa shape index (κ3) is 1.91. The first-order chi connectivity index (χ1) is 4.43. The first-order valence-electron chi connectivity index (χ1n) is 2.51. The van der Waals surface area contributed by atoms with Crippen LogP contribution in [0.1, 0.15) is 0 Å². The van der Waals surface area contributed by atoms with Gasteiger partial charge >= 0.3 is 0 Å². The second kappa shape index (κ2) is 3.33. The number of rotatable bonds is 2. The fraction of sp³-hybridized carbons (Fsp3) is 0. The van der Waals surface area contributed by atoms with Crippen molar-refractivity contribution in [3.63, 3.8) is 0 Å². The van der Waals surface area contributed by atoms with Crippen molar-refractivity contribution in [2.45, 2.75) is 0 Å². The van der Waals surface area contributed by atoms with Crippen molar-refractivity contribution in [1.82, 2.24) is 5.00 Å². The van der Waals surface area contributed by atoms with Crippen LogP contribution in [0.25, 0.3) is 0 Å². The molecule has 0 aromatic heterocycles. The molecule has 1 aromatic carbocycles. The quantitative estimate of drug-likeness (QED) is 0.503. The predicted molar refractivity (Wildman–Crippen MR) is 36.1 cm³/mol. The maximum absolute atomic E-state index is 5.06. The lowest BCUT2D eigenvalue weighted by Crippen LogP contribution is -2.03. The number of hydrogen-bond donors (Lipinski definition) is 1. The third-order valence-corrected chi connectivity index (χ3v) is 0.977. The summed E-state index contributed by atoms with van der Waals surface area (Å²) in [5, 5.41) is 0. The van der Waals surface area contributed by atoms with Crippen LogP contribution in [0.3, 0.4) is 0 Å². The van der Waals surface area contributed by atoms with Gasteiger partial charge in [-0.3, -0.25) is 0 Å². The molecule has 1 rings (SSSR count). The van der Waals surface area contributed by atoms with Gasteiger partial charge < -0.3 is 4.84 Å². The number of halogens is 1. The zero-order valence-electron chi connectivity index (χ0n) is 4.67. The molecule has 0 unspecified atom stereocenters. The van der Waals surface area contributed by atoms with Gasteiger partial charge in [-0.05, 0) is 12.1 Å². The molecule has 0 spiro atoms. The summed E-state index contributed by atoms with van der Waals surface area (Å²) >= 11 is 5.06. The van der Waals surface area contributed by atoms with Crippen molar-refractivity contribution < 1.29 is 4.84 Å². The summed E-state index contributed by atoms with van der Waals surface area (Å²) < 4.78 is 0. The summed E-state index contributed by atoms with van der Waals surface area (Å²) in [4.78, 5) is 6.78. The largest absolute Gasteiger partial charge is 0.393 e. The molecule has 2 nitrogen and oxygen atoms in total. The first kappa shape index (κ1) is 6.39. The molecule has 0 heterocycles. The molecular weight excluding hydrogens is 138 g/mol. The molecule has 1 N–H and O–H groups in total. The van der Waals surface area contributed by atoms with Crippen LogP contribution in [0.2, 0.25) is 0 Å². The average Bonchev–Trinajstić information content (AvgIpc) is 1.91. The van der Waals surface area contributed by atoms with E-state index in [-0.39, 0.29) is 0 Å². The molecule has 1 aromatic rings. The lowest BCUT2D eigenvalue weighted by molar-refractivity contribution is 0.278. The van der Waals surface area contributed by atoms with Gasteiger partial charge in [0.15, 0.2) is 0 Å². The molecule has 0 atom stereocenters. The zero-order chi connectivity index (χ0) is 6.53. The Morgan fingerprint density at radius 3 is 2.44 bits per heavy atom. The summed E-state index contributed by atoms with van der Waals surface area (Å²) in [5.74, 6) is 0.701.